The normalized spacial score (nSPS) is 12.2. The van der Waals surface area contributed by atoms with Crippen molar-refractivity contribution in [2.45, 2.75) is 19.9 Å². The predicted octanol–water partition coefficient (Wildman–Crippen LogP) is 3.85. The molecule has 4 rings (SSSR count). The Labute approximate surface area is 159 Å². The first-order chi connectivity index (χ1) is 13.1. The van der Waals surface area contributed by atoms with Crippen molar-refractivity contribution in [2.24, 2.45) is 0 Å². The number of carbonyl (C=O) groups excluding carboxylic acids is 1. The van der Waals surface area contributed by atoms with E-state index in [1.165, 1.54) is 23.5 Å². The van der Waals surface area contributed by atoms with Gasteiger partial charge in [-0.25, -0.2) is 9.37 Å². The highest BCUT2D eigenvalue weighted by Crippen LogP contribution is 2.32. The lowest BCUT2D eigenvalue weighted by molar-refractivity contribution is -0.120. The van der Waals surface area contributed by atoms with Crippen molar-refractivity contribution in [2.75, 3.05) is 6.79 Å². The highest BCUT2D eigenvalue weighted by atomic mass is 32.1. The molecule has 0 aliphatic carbocycles. The third-order valence-electron chi connectivity index (χ3n) is 4.23. The third-order valence-corrected chi connectivity index (χ3v) is 5.44. The Bertz CT molecular complexity index is 985. The second-order valence-corrected chi connectivity index (χ2v) is 7.26. The average molecular weight is 384 g/mol. The van der Waals surface area contributed by atoms with Gasteiger partial charge in [-0.05, 0) is 48.9 Å². The van der Waals surface area contributed by atoms with Crippen molar-refractivity contribution in [1.29, 1.82) is 0 Å². The summed E-state index contributed by atoms with van der Waals surface area (Å²) in [6.07, 6.45) is 0.259. The molecule has 138 valence electrons. The van der Waals surface area contributed by atoms with E-state index in [-0.39, 0.29) is 24.9 Å². The smallest absolute Gasteiger partial charge is 0.231 e. The number of amides is 1. The zero-order valence-electron chi connectivity index (χ0n) is 14.6. The van der Waals surface area contributed by atoms with Crippen LogP contribution in [0.15, 0.2) is 42.5 Å². The Hall–Kier alpha value is -2.93. The molecule has 3 aromatic rings. The second-order valence-electron chi connectivity index (χ2n) is 6.18. The van der Waals surface area contributed by atoms with E-state index in [0.29, 0.717) is 12.3 Å². The molecule has 27 heavy (non-hydrogen) atoms. The Balaban J connectivity index is 1.39. The van der Waals surface area contributed by atoms with Crippen molar-refractivity contribution >= 4 is 17.2 Å². The van der Waals surface area contributed by atoms with E-state index in [9.17, 15) is 9.18 Å². The largest absolute Gasteiger partial charge is 0.454 e. The van der Waals surface area contributed by atoms with Crippen LogP contribution >= 0.6 is 11.3 Å². The van der Waals surface area contributed by atoms with Crippen LogP contribution in [0, 0.1) is 12.7 Å². The van der Waals surface area contributed by atoms with Gasteiger partial charge in [-0.15, -0.1) is 11.3 Å². The van der Waals surface area contributed by atoms with Gasteiger partial charge >= 0.3 is 0 Å². The van der Waals surface area contributed by atoms with Crippen LogP contribution in [-0.2, 0) is 17.8 Å². The molecule has 7 heteroatoms. The monoisotopic (exact) mass is 384 g/mol. The van der Waals surface area contributed by atoms with Crippen LogP contribution in [0.25, 0.3) is 10.6 Å². The number of nitrogens with zero attached hydrogens (tertiary/aromatic N) is 1. The van der Waals surface area contributed by atoms with Crippen LogP contribution in [0.5, 0.6) is 11.5 Å². The molecule has 0 saturated carbocycles. The van der Waals surface area contributed by atoms with E-state index >= 15 is 0 Å². The molecule has 0 spiro atoms. The lowest BCUT2D eigenvalue weighted by atomic mass is 10.2. The van der Waals surface area contributed by atoms with Crippen LogP contribution in [-0.4, -0.2) is 17.7 Å². The summed E-state index contributed by atoms with van der Waals surface area (Å²) in [4.78, 5) is 17.7. The number of aryl methyl sites for hydroxylation is 1. The summed E-state index contributed by atoms with van der Waals surface area (Å²) in [6.45, 7) is 2.52. The number of ether oxygens (including phenoxy) is 2. The number of fused-ring (bicyclic) bond motifs is 1. The minimum atomic E-state index is -0.282. The first kappa shape index (κ1) is 17.5. The fourth-order valence-electron chi connectivity index (χ4n) is 2.77. The SMILES string of the molecule is Cc1nc(-c2ccc(F)cc2)sc1CC(=O)NCc1ccc2c(c1)OCO2. The highest BCUT2D eigenvalue weighted by Gasteiger charge is 2.15. The minimum absolute atomic E-state index is 0.0786. The lowest BCUT2D eigenvalue weighted by Crippen LogP contribution is -2.24. The molecule has 1 amide bonds. The molecule has 0 atom stereocenters. The van der Waals surface area contributed by atoms with E-state index in [1.54, 1.807) is 12.1 Å². The Morgan fingerprint density at radius 3 is 2.78 bits per heavy atom. The number of thiazole rings is 1. The zero-order chi connectivity index (χ0) is 18.8. The molecular weight excluding hydrogens is 367 g/mol. The molecule has 1 aromatic heterocycles. The van der Waals surface area contributed by atoms with Crippen molar-refractivity contribution in [3.05, 3.63) is 64.4 Å². The third kappa shape index (κ3) is 3.93. The van der Waals surface area contributed by atoms with Crippen molar-refractivity contribution < 1.29 is 18.7 Å². The molecule has 0 radical (unpaired) electrons. The molecule has 2 aromatic carbocycles. The number of benzene rings is 2. The quantitative estimate of drug-likeness (QED) is 0.726. The molecule has 1 aliphatic heterocycles. The molecule has 5 nitrogen and oxygen atoms in total. The van der Waals surface area contributed by atoms with Crippen molar-refractivity contribution in [3.63, 3.8) is 0 Å². The second kappa shape index (κ2) is 7.36. The zero-order valence-corrected chi connectivity index (χ0v) is 15.4. The maximum atomic E-state index is 13.1. The number of rotatable bonds is 5. The molecule has 2 heterocycles. The summed E-state index contributed by atoms with van der Waals surface area (Å²) in [6, 6.07) is 11.8. The summed E-state index contributed by atoms with van der Waals surface area (Å²) in [5.74, 6) is 1.06. The lowest BCUT2D eigenvalue weighted by Gasteiger charge is -2.06. The van der Waals surface area contributed by atoms with E-state index in [0.717, 1.165) is 32.5 Å². The number of hydrogen-bond donors (Lipinski definition) is 1. The minimum Gasteiger partial charge on any atom is -0.454 e. The average Bonchev–Trinajstić information content (AvgIpc) is 3.27. The summed E-state index contributed by atoms with van der Waals surface area (Å²) in [5.41, 5.74) is 2.61. The molecule has 0 bridgehead atoms. The van der Waals surface area contributed by atoms with E-state index < -0.39 is 0 Å². The maximum absolute atomic E-state index is 13.1. The van der Waals surface area contributed by atoms with Crippen LogP contribution < -0.4 is 14.8 Å². The number of halogens is 1. The van der Waals surface area contributed by atoms with Gasteiger partial charge in [0.15, 0.2) is 11.5 Å². The fourth-order valence-corrected chi connectivity index (χ4v) is 3.83. The fraction of sp³-hybridized carbons (Fsp3) is 0.200. The number of hydrogen-bond acceptors (Lipinski definition) is 5. The standard InChI is InChI=1S/C20H17FN2O3S/c1-12-18(27-20(23-12)14-3-5-15(21)6-4-14)9-19(24)22-10-13-2-7-16-17(8-13)26-11-25-16/h2-8H,9-11H2,1H3,(H,22,24). The molecule has 0 saturated heterocycles. The molecule has 0 fully saturated rings. The Morgan fingerprint density at radius 1 is 1.19 bits per heavy atom. The van der Waals surface area contributed by atoms with Gasteiger partial charge in [0.25, 0.3) is 0 Å². The van der Waals surface area contributed by atoms with Crippen molar-refractivity contribution in [3.8, 4) is 22.1 Å². The topological polar surface area (TPSA) is 60.5 Å². The Morgan fingerprint density at radius 2 is 1.96 bits per heavy atom. The van der Waals surface area contributed by atoms with Gasteiger partial charge in [0.1, 0.15) is 10.8 Å². The van der Waals surface area contributed by atoms with Gasteiger partial charge in [-0.3, -0.25) is 4.79 Å². The first-order valence-electron chi connectivity index (χ1n) is 8.46. The van der Waals surface area contributed by atoms with Gasteiger partial charge in [-0.2, -0.15) is 0 Å². The van der Waals surface area contributed by atoms with Crippen LogP contribution in [0.2, 0.25) is 0 Å². The summed E-state index contributed by atoms with van der Waals surface area (Å²) >= 11 is 1.45. The van der Waals surface area contributed by atoms with Gasteiger partial charge < -0.3 is 14.8 Å². The highest BCUT2D eigenvalue weighted by molar-refractivity contribution is 7.15. The van der Waals surface area contributed by atoms with Crippen LogP contribution in [0.1, 0.15) is 16.1 Å². The molecule has 1 N–H and O–H groups in total. The number of aromatic nitrogens is 1. The maximum Gasteiger partial charge on any atom is 0.231 e. The molecule has 1 aliphatic rings. The summed E-state index contributed by atoms with van der Waals surface area (Å²) < 4.78 is 23.7. The van der Waals surface area contributed by atoms with Crippen LogP contribution in [0.4, 0.5) is 4.39 Å². The van der Waals surface area contributed by atoms with E-state index in [1.807, 2.05) is 25.1 Å². The summed E-state index contributed by atoms with van der Waals surface area (Å²) in [7, 11) is 0. The van der Waals surface area contributed by atoms with Crippen LogP contribution in [0.3, 0.4) is 0 Å². The molecular formula is C20H17FN2O3S. The predicted molar refractivity (Wildman–Crippen MR) is 100 cm³/mol. The number of carbonyl (C=O) groups is 1. The number of nitrogens with one attached hydrogen (secondary N) is 1. The summed E-state index contributed by atoms with van der Waals surface area (Å²) in [5, 5.41) is 3.70. The van der Waals surface area contributed by atoms with E-state index in [2.05, 4.69) is 10.3 Å². The molecule has 0 unspecified atom stereocenters. The van der Waals surface area contributed by atoms with Gasteiger partial charge in [0.2, 0.25) is 12.7 Å². The van der Waals surface area contributed by atoms with Gasteiger partial charge in [-0.1, -0.05) is 6.07 Å². The van der Waals surface area contributed by atoms with E-state index in [4.69, 9.17) is 9.47 Å². The first-order valence-corrected chi connectivity index (χ1v) is 9.27. The van der Waals surface area contributed by atoms with Gasteiger partial charge in [0.05, 0.1) is 12.1 Å². The Kier molecular flexibility index (Phi) is 4.77. The van der Waals surface area contributed by atoms with Gasteiger partial charge in [0, 0.05) is 17.0 Å². The van der Waals surface area contributed by atoms with Crippen molar-refractivity contribution in [1.82, 2.24) is 10.3 Å².